The zero-order valence-electron chi connectivity index (χ0n) is 15.7. The third-order valence-electron chi connectivity index (χ3n) is 4.40. The van der Waals surface area contributed by atoms with Gasteiger partial charge in [0.05, 0.1) is 23.5 Å². The number of hydrogen-bond acceptors (Lipinski definition) is 7. The van der Waals surface area contributed by atoms with E-state index in [2.05, 4.69) is 20.5 Å². The van der Waals surface area contributed by atoms with Crippen LogP contribution in [0.3, 0.4) is 0 Å². The van der Waals surface area contributed by atoms with E-state index in [9.17, 15) is 9.50 Å². The van der Waals surface area contributed by atoms with Crippen molar-refractivity contribution < 1.29 is 14.2 Å². The van der Waals surface area contributed by atoms with Crippen molar-refractivity contribution in [2.24, 2.45) is 5.10 Å². The molecule has 2 aromatic heterocycles. The molecule has 0 aliphatic carbocycles. The lowest BCUT2D eigenvalue weighted by Gasteiger charge is -2.03. The van der Waals surface area contributed by atoms with Crippen molar-refractivity contribution in [1.82, 2.24) is 9.97 Å². The van der Waals surface area contributed by atoms with E-state index < -0.39 is 0 Å². The molecule has 0 saturated heterocycles. The number of hydrogen-bond donors (Lipinski definition) is 2. The topological polar surface area (TPSA) is 79.6 Å². The van der Waals surface area contributed by atoms with Crippen molar-refractivity contribution >= 4 is 33.6 Å². The Morgan fingerprint density at radius 3 is 2.69 bits per heavy atom. The lowest BCUT2D eigenvalue weighted by molar-refractivity contribution is 0.373. The van der Waals surface area contributed by atoms with Gasteiger partial charge in [-0.1, -0.05) is 12.1 Å². The smallest absolute Gasteiger partial charge is 0.167 e. The van der Waals surface area contributed by atoms with E-state index in [0.717, 1.165) is 26.2 Å². The average Bonchev–Trinajstić information content (AvgIpc) is 3.06. The summed E-state index contributed by atoms with van der Waals surface area (Å²) < 4.78 is 19.1. The highest BCUT2D eigenvalue weighted by molar-refractivity contribution is 7.23. The second-order valence-corrected chi connectivity index (χ2v) is 7.28. The minimum Gasteiger partial charge on any atom is -0.504 e. The molecule has 4 aromatic rings. The Hall–Kier alpha value is -3.52. The maximum atomic E-state index is 13.3. The van der Waals surface area contributed by atoms with E-state index in [-0.39, 0.29) is 11.6 Å². The third-order valence-corrected chi connectivity index (χ3v) is 5.73. The Morgan fingerprint density at radius 2 is 1.97 bits per heavy atom. The Balaban J connectivity index is 1.63. The molecular formula is C21H17FN4O2S. The first-order valence-corrected chi connectivity index (χ1v) is 9.54. The molecule has 6 nitrogen and oxygen atoms in total. The highest BCUT2D eigenvalue weighted by Crippen LogP contribution is 2.39. The van der Waals surface area contributed by atoms with Crippen LogP contribution < -0.4 is 10.2 Å². The highest BCUT2D eigenvalue weighted by atomic mass is 32.1. The zero-order valence-corrected chi connectivity index (χ0v) is 16.5. The number of methoxy groups -OCH3 is 1. The predicted octanol–water partition coefficient (Wildman–Crippen LogP) is 4.97. The van der Waals surface area contributed by atoms with E-state index in [4.69, 9.17) is 4.74 Å². The molecule has 0 aliphatic rings. The number of nitrogens with one attached hydrogen (secondary N) is 1. The fourth-order valence-corrected chi connectivity index (χ4v) is 4.14. The number of aromatic hydroxyl groups is 1. The monoisotopic (exact) mass is 408 g/mol. The number of thiophene rings is 1. The molecule has 0 aliphatic heterocycles. The number of fused-ring (bicyclic) bond motifs is 1. The molecule has 0 spiro atoms. The first-order valence-electron chi connectivity index (χ1n) is 8.73. The summed E-state index contributed by atoms with van der Waals surface area (Å²) in [6, 6.07) is 11.4. The van der Waals surface area contributed by atoms with Crippen LogP contribution in [0.2, 0.25) is 0 Å². The van der Waals surface area contributed by atoms with Crippen LogP contribution in [0.25, 0.3) is 20.7 Å². The zero-order chi connectivity index (χ0) is 20.4. The van der Waals surface area contributed by atoms with Crippen LogP contribution in [0.1, 0.15) is 11.1 Å². The van der Waals surface area contributed by atoms with Gasteiger partial charge in [-0.2, -0.15) is 5.10 Å². The van der Waals surface area contributed by atoms with Gasteiger partial charge in [0.25, 0.3) is 0 Å². The summed E-state index contributed by atoms with van der Waals surface area (Å²) in [5.74, 6) is 0.743. The first-order chi connectivity index (χ1) is 14.1. The number of aryl methyl sites for hydroxylation is 1. The highest BCUT2D eigenvalue weighted by Gasteiger charge is 2.15. The van der Waals surface area contributed by atoms with Crippen molar-refractivity contribution in [1.29, 1.82) is 0 Å². The molecule has 0 atom stereocenters. The van der Waals surface area contributed by atoms with Crippen LogP contribution in [-0.2, 0) is 0 Å². The summed E-state index contributed by atoms with van der Waals surface area (Å²) in [5.41, 5.74) is 6.40. The number of rotatable bonds is 5. The van der Waals surface area contributed by atoms with E-state index >= 15 is 0 Å². The van der Waals surface area contributed by atoms with Gasteiger partial charge >= 0.3 is 0 Å². The van der Waals surface area contributed by atoms with Crippen LogP contribution in [0.15, 0.2) is 53.9 Å². The van der Waals surface area contributed by atoms with Gasteiger partial charge in [-0.3, -0.25) is 5.43 Å². The summed E-state index contributed by atoms with van der Waals surface area (Å²) in [6.07, 6.45) is 3.06. The molecule has 0 amide bonds. The van der Waals surface area contributed by atoms with Gasteiger partial charge in [0, 0.05) is 4.88 Å². The van der Waals surface area contributed by atoms with E-state index in [1.807, 2.05) is 6.92 Å². The van der Waals surface area contributed by atoms with Gasteiger partial charge < -0.3 is 9.84 Å². The summed E-state index contributed by atoms with van der Waals surface area (Å²) in [5, 5.41) is 14.1. The average molecular weight is 408 g/mol. The van der Waals surface area contributed by atoms with Gasteiger partial charge in [0.2, 0.25) is 0 Å². The Kier molecular flexibility index (Phi) is 5.09. The molecule has 4 rings (SSSR count). The molecule has 0 bridgehead atoms. The Bertz CT molecular complexity index is 1210. The van der Waals surface area contributed by atoms with Crippen LogP contribution in [0.4, 0.5) is 10.2 Å². The lowest BCUT2D eigenvalue weighted by Crippen LogP contribution is -1.95. The van der Waals surface area contributed by atoms with E-state index in [1.165, 1.54) is 36.9 Å². The minimum absolute atomic E-state index is 0.0405. The molecule has 0 radical (unpaired) electrons. The van der Waals surface area contributed by atoms with Crippen LogP contribution in [0, 0.1) is 12.7 Å². The molecule has 0 unspecified atom stereocenters. The summed E-state index contributed by atoms with van der Waals surface area (Å²) in [4.78, 5) is 9.69. The Morgan fingerprint density at radius 1 is 1.17 bits per heavy atom. The van der Waals surface area contributed by atoms with Crippen LogP contribution >= 0.6 is 11.3 Å². The van der Waals surface area contributed by atoms with E-state index in [0.29, 0.717) is 17.1 Å². The first kappa shape index (κ1) is 18.8. The summed E-state index contributed by atoms with van der Waals surface area (Å²) in [6.45, 7) is 1.98. The molecule has 146 valence electrons. The molecule has 0 saturated carbocycles. The van der Waals surface area contributed by atoms with Crippen molar-refractivity contribution in [3.63, 3.8) is 0 Å². The number of halogens is 1. The number of nitrogens with zero attached hydrogens (tertiary/aromatic N) is 3. The minimum atomic E-state index is -0.270. The predicted molar refractivity (Wildman–Crippen MR) is 113 cm³/mol. The number of phenols is 1. The summed E-state index contributed by atoms with van der Waals surface area (Å²) in [7, 11) is 1.49. The normalized spacial score (nSPS) is 11.3. The van der Waals surface area contributed by atoms with Crippen molar-refractivity contribution in [2.45, 2.75) is 6.92 Å². The second kappa shape index (κ2) is 7.84. The van der Waals surface area contributed by atoms with Crippen molar-refractivity contribution in [3.8, 4) is 21.9 Å². The van der Waals surface area contributed by atoms with Crippen LogP contribution in [0.5, 0.6) is 11.5 Å². The van der Waals surface area contributed by atoms with Gasteiger partial charge in [-0.05, 0) is 53.9 Å². The maximum Gasteiger partial charge on any atom is 0.167 e. The number of ether oxygens (including phenoxy) is 1. The number of benzene rings is 2. The molecule has 2 aromatic carbocycles. The largest absolute Gasteiger partial charge is 0.504 e. The molecule has 0 fully saturated rings. The van der Waals surface area contributed by atoms with Crippen molar-refractivity contribution in [2.75, 3.05) is 12.5 Å². The van der Waals surface area contributed by atoms with Gasteiger partial charge in [-0.25, -0.2) is 14.4 Å². The number of hydrazone groups is 1. The summed E-state index contributed by atoms with van der Waals surface area (Å²) >= 11 is 1.52. The lowest BCUT2D eigenvalue weighted by atomic mass is 10.1. The molecule has 8 heteroatoms. The van der Waals surface area contributed by atoms with Crippen LogP contribution in [-0.4, -0.2) is 28.4 Å². The molecule has 29 heavy (non-hydrogen) atoms. The van der Waals surface area contributed by atoms with Gasteiger partial charge in [-0.15, -0.1) is 11.3 Å². The second-order valence-electron chi connectivity index (χ2n) is 6.26. The number of phenolic OH excluding ortho intramolecular Hbond substituents is 1. The molecule has 2 N–H and O–H groups in total. The molecular weight excluding hydrogens is 391 g/mol. The molecule has 2 heterocycles. The van der Waals surface area contributed by atoms with E-state index in [1.54, 1.807) is 36.5 Å². The maximum absolute atomic E-state index is 13.3. The fraction of sp³-hybridized carbons (Fsp3) is 0.0952. The van der Waals surface area contributed by atoms with Gasteiger partial charge in [0.15, 0.2) is 17.3 Å². The fourth-order valence-electron chi connectivity index (χ4n) is 2.94. The third kappa shape index (κ3) is 3.74. The van der Waals surface area contributed by atoms with Crippen molar-refractivity contribution in [3.05, 3.63) is 65.7 Å². The number of aromatic nitrogens is 2. The SMILES string of the molecule is COc1ccc(C=NNc2ncnc3c(C)c(-c4ccc(F)cc4)sc23)cc1O. The Labute approximate surface area is 170 Å². The number of anilines is 1. The van der Waals surface area contributed by atoms with Gasteiger partial charge in [0.1, 0.15) is 12.1 Å². The quantitative estimate of drug-likeness (QED) is 0.360. The standard InChI is InChI=1S/C21H17FN4O2S/c1-12-18-20(29-19(12)14-4-6-15(22)7-5-14)21(24-11-23-18)26-25-10-13-3-8-17(28-2)16(27)9-13/h3-11,27H,1-2H3,(H,23,24,26).